The van der Waals surface area contributed by atoms with E-state index < -0.39 is 19.8 Å². The third-order valence-electron chi connectivity index (χ3n) is 0. The van der Waals surface area contributed by atoms with E-state index in [0.29, 0.717) is 0 Å². The second-order valence-corrected chi connectivity index (χ2v) is 11.6. The molecule has 0 unspecified atom stereocenters. The van der Waals surface area contributed by atoms with E-state index in [2.05, 4.69) is 14.8 Å². The molecule has 0 aromatic rings. The summed E-state index contributed by atoms with van der Waals surface area (Å²) < 4.78 is 0. The average Bonchev–Trinajstić information content (AvgIpc) is 0.811. The predicted molar refractivity (Wildman–Crippen MR) is 25.9 cm³/mol. The first-order valence-electron chi connectivity index (χ1n) is 1.73. The largest absolute Gasteiger partial charge is 1.00 e. The Morgan fingerprint density at radius 1 is 1.20 bits per heavy atom. The minimum Gasteiger partial charge on any atom is -1.00 e. The fourth-order valence-corrected chi connectivity index (χ4v) is 0. The van der Waals surface area contributed by atoms with Crippen LogP contribution >= 0.6 is 0 Å². The molecular weight excluding hydrogens is 178 g/mol. The summed E-state index contributed by atoms with van der Waals surface area (Å²) in [4.78, 5) is 7.13. The predicted octanol–water partition coefficient (Wildman–Crippen LogP) is -1.78. The molecule has 0 spiro atoms. The van der Waals surface area contributed by atoms with Crippen LogP contribution in [0.15, 0.2) is 0 Å². The van der Waals surface area contributed by atoms with Gasteiger partial charge in [-0.1, -0.05) is 0 Å². The van der Waals surface area contributed by atoms with E-state index in [1.807, 2.05) is 0 Å². The van der Waals surface area contributed by atoms with Crippen LogP contribution in [0.2, 0.25) is 14.8 Å². The Bertz CT molecular complexity index is 15.5. The maximum Gasteiger partial charge on any atom is 1.00 e. The van der Waals surface area contributed by atoms with Crippen molar-refractivity contribution in [2.75, 3.05) is 0 Å². The van der Waals surface area contributed by atoms with Crippen LogP contribution < -0.4 is 29.6 Å². The van der Waals surface area contributed by atoms with Gasteiger partial charge >= 0.3 is 64.1 Å². The van der Waals surface area contributed by atoms with Gasteiger partial charge in [0.25, 0.3) is 0 Å². The minimum atomic E-state index is -0.637. The van der Waals surface area contributed by atoms with Gasteiger partial charge in [0.15, 0.2) is 0 Å². The van der Waals surface area contributed by atoms with Crippen molar-refractivity contribution in [3.63, 3.8) is 0 Å². The molecule has 0 bridgehead atoms. The zero-order chi connectivity index (χ0) is 3.58. The zero-order valence-electron chi connectivity index (χ0n) is 5.58. The molecule has 0 amide bonds. The molecule has 0 atom stereocenters. The summed E-state index contributed by atoms with van der Waals surface area (Å²) in [5, 5.41) is 0. The van der Waals surface area contributed by atoms with Crippen molar-refractivity contribution in [1.82, 2.24) is 0 Å². The van der Waals surface area contributed by atoms with Crippen molar-refractivity contribution in [3.05, 3.63) is 0 Å². The molecule has 0 fully saturated rings. The molecule has 5 heavy (non-hydrogen) atoms. The van der Waals surface area contributed by atoms with Crippen molar-refractivity contribution in [2.45, 2.75) is 14.8 Å². The molecular formula is C3H11NaSn. The molecule has 0 nitrogen and oxygen atoms in total. The molecule has 0 heterocycles. The van der Waals surface area contributed by atoms with Crippen molar-refractivity contribution >= 4 is 19.8 Å². The third-order valence-corrected chi connectivity index (χ3v) is 0. The summed E-state index contributed by atoms with van der Waals surface area (Å²) in [5.74, 6) is 0. The SMILES string of the molecule is [CH3][SnH]([CH3])[CH3].[H-].[Na+]. The number of hydrogen-bond donors (Lipinski definition) is 0. The molecule has 0 aliphatic carbocycles. The zero-order valence-corrected chi connectivity index (χ0v) is 9.87. The smallest absolute Gasteiger partial charge is 1.00 e. The molecule has 0 radical (unpaired) electrons. The summed E-state index contributed by atoms with van der Waals surface area (Å²) in [5.41, 5.74) is 0. The first kappa shape index (κ1) is 9.93. The van der Waals surface area contributed by atoms with Crippen LogP contribution in [-0.2, 0) is 0 Å². The summed E-state index contributed by atoms with van der Waals surface area (Å²) in [6.45, 7) is 0. The van der Waals surface area contributed by atoms with E-state index in [1.165, 1.54) is 0 Å². The Kier molecular flexibility index (Phi) is 11.5. The molecule has 0 aliphatic rings. The molecule has 28 valence electrons. The van der Waals surface area contributed by atoms with Crippen molar-refractivity contribution in [3.8, 4) is 0 Å². The van der Waals surface area contributed by atoms with Crippen LogP contribution in [0.25, 0.3) is 0 Å². The summed E-state index contributed by atoms with van der Waals surface area (Å²) in [6.07, 6.45) is 0. The van der Waals surface area contributed by atoms with Gasteiger partial charge in [0, 0.05) is 0 Å². The van der Waals surface area contributed by atoms with E-state index in [1.54, 1.807) is 0 Å². The van der Waals surface area contributed by atoms with E-state index in [-0.39, 0.29) is 31.0 Å². The fraction of sp³-hybridized carbons (Fsp3) is 1.00. The van der Waals surface area contributed by atoms with Gasteiger partial charge in [0.05, 0.1) is 0 Å². The normalized spacial score (nSPS) is 7.20. The van der Waals surface area contributed by atoms with Crippen LogP contribution in [0.1, 0.15) is 1.43 Å². The molecule has 0 saturated carbocycles. The van der Waals surface area contributed by atoms with Crippen LogP contribution in [-0.4, -0.2) is 19.8 Å². The first-order valence-corrected chi connectivity index (χ1v) is 11.6. The standard InChI is InChI=1S/3CH3.Na.Sn.2H/h3*1H3;;;;/q;;;+1;;;-1. The Labute approximate surface area is 64.8 Å². The average molecular weight is 189 g/mol. The molecule has 0 saturated heterocycles. The van der Waals surface area contributed by atoms with Gasteiger partial charge < -0.3 is 1.43 Å². The van der Waals surface area contributed by atoms with Gasteiger partial charge in [-0.15, -0.1) is 0 Å². The quantitative estimate of drug-likeness (QED) is 0.395. The molecule has 0 aromatic carbocycles. The van der Waals surface area contributed by atoms with Crippen molar-refractivity contribution in [1.29, 1.82) is 0 Å². The molecule has 2 heteroatoms. The minimum absolute atomic E-state index is 0. The Morgan fingerprint density at radius 2 is 1.20 bits per heavy atom. The van der Waals surface area contributed by atoms with E-state index >= 15 is 0 Å². The summed E-state index contributed by atoms with van der Waals surface area (Å²) in [6, 6.07) is 0. The monoisotopic (exact) mass is 190 g/mol. The van der Waals surface area contributed by atoms with Gasteiger partial charge in [-0.3, -0.25) is 0 Å². The van der Waals surface area contributed by atoms with Crippen LogP contribution in [0.3, 0.4) is 0 Å². The second kappa shape index (κ2) is 5.80. The topological polar surface area (TPSA) is 0 Å². The Hall–Kier alpha value is 1.80. The Balaban J connectivity index is -0.0000000450. The number of rotatable bonds is 0. The van der Waals surface area contributed by atoms with Gasteiger partial charge in [0.1, 0.15) is 0 Å². The van der Waals surface area contributed by atoms with E-state index in [0.717, 1.165) is 0 Å². The number of hydrogen-bond acceptors (Lipinski definition) is 0. The fourth-order valence-electron chi connectivity index (χ4n) is 0. The van der Waals surface area contributed by atoms with Gasteiger partial charge in [0.2, 0.25) is 0 Å². The Morgan fingerprint density at radius 3 is 1.20 bits per heavy atom. The van der Waals surface area contributed by atoms with Crippen LogP contribution in [0.4, 0.5) is 0 Å². The summed E-state index contributed by atoms with van der Waals surface area (Å²) >= 11 is -0.637. The molecule has 0 rings (SSSR count). The third kappa shape index (κ3) is 25.9. The van der Waals surface area contributed by atoms with E-state index in [9.17, 15) is 0 Å². The maximum atomic E-state index is 2.38. The van der Waals surface area contributed by atoms with E-state index in [4.69, 9.17) is 0 Å². The molecule has 0 aliphatic heterocycles. The van der Waals surface area contributed by atoms with Crippen molar-refractivity contribution < 1.29 is 31.0 Å². The second-order valence-electron chi connectivity index (χ2n) is 1.73. The first-order chi connectivity index (χ1) is 1.73. The van der Waals surface area contributed by atoms with Gasteiger partial charge in [-0.2, -0.15) is 0 Å². The van der Waals surface area contributed by atoms with Gasteiger partial charge in [-0.05, 0) is 0 Å². The van der Waals surface area contributed by atoms with Crippen LogP contribution in [0.5, 0.6) is 0 Å². The van der Waals surface area contributed by atoms with Crippen LogP contribution in [0, 0.1) is 0 Å². The van der Waals surface area contributed by atoms with Crippen molar-refractivity contribution in [2.24, 2.45) is 0 Å². The molecule has 0 N–H and O–H groups in total. The molecule has 0 aromatic heterocycles. The summed E-state index contributed by atoms with van der Waals surface area (Å²) in [7, 11) is 0. The van der Waals surface area contributed by atoms with Gasteiger partial charge in [-0.25, -0.2) is 0 Å². The maximum absolute atomic E-state index is 2.38.